The molecule has 0 spiro atoms. The summed E-state index contributed by atoms with van der Waals surface area (Å²) in [6, 6.07) is 5.51. The van der Waals surface area contributed by atoms with E-state index in [4.69, 9.17) is 0 Å². The minimum Gasteiger partial charge on any atom is -0.319 e. The largest absolute Gasteiger partial charge is 0.319 e. The Morgan fingerprint density at radius 3 is 2.75 bits per heavy atom. The molecule has 3 aromatic heterocycles. The lowest BCUT2D eigenvalue weighted by atomic mass is 10.2. The van der Waals surface area contributed by atoms with E-state index in [0.717, 1.165) is 0 Å². The Morgan fingerprint density at radius 2 is 2.00 bits per heavy atom. The third kappa shape index (κ3) is 2.37. The van der Waals surface area contributed by atoms with Gasteiger partial charge in [0.2, 0.25) is 0 Å². The van der Waals surface area contributed by atoms with Gasteiger partial charge < -0.3 is 5.32 Å². The van der Waals surface area contributed by atoms with Crippen LogP contribution < -0.4 is 5.32 Å². The highest BCUT2D eigenvalue weighted by atomic mass is 16.1. The van der Waals surface area contributed by atoms with Crippen molar-refractivity contribution in [3.8, 4) is 11.4 Å². The molecule has 0 aliphatic heterocycles. The summed E-state index contributed by atoms with van der Waals surface area (Å²) in [5.74, 6) is -0.302. The molecular formula is C13H10N6O. The first-order valence-corrected chi connectivity index (χ1v) is 5.86. The molecule has 0 fully saturated rings. The fourth-order valence-corrected chi connectivity index (χ4v) is 1.70. The molecule has 3 rings (SSSR count). The van der Waals surface area contributed by atoms with E-state index in [2.05, 4.69) is 30.5 Å². The van der Waals surface area contributed by atoms with Gasteiger partial charge in [-0.05, 0) is 12.1 Å². The number of nitrogens with zero attached hydrogens (tertiary/aromatic N) is 4. The number of H-pyrrole nitrogens is 1. The van der Waals surface area contributed by atoms with E-state index in [9.17, 15) is 4.79 Å². The first-order valence-electron chi connectivity index (χ1n) is 5.86. The number of hydrogen-bond acceptors (Lipinski definition) is 5. The number of amides is 1. The molecule has 20 heavy (non-hydrogen) atoms. The number of carbonyl (C=O) groups is 1. The number of anilines is 1. The molecule has 0 radical (unpaired) electrons. The Labute approximate surface area is 114 Å². The zero-order valence-electron chi connectivity index (χ0n) is 10.3. The van der Waals surface area contributed by atoms with Gasteiger partial charge in [-0.1, -0.05) is 6.07 Å². The summed E-state index contributed by atoms with van der Waals surface area (Å²) in [6.45, 7) is 0. The molecule has 0 saturated carbocycles. The van der Waals surface area contributed by atoms with Gasteiger partial charge in [0.1, 0.15) is 12.0 Å². The normalized spacial score (nSPS) is 10.2. The maximum absolute atomic E-state index is 12.0. The molecule has 2 N–H and O–H groups in total. The Morgan fingerprint density at radius 1 is 1.15 bits per heavy atom. The second kappa shape index (κ2) is 5.27. The van der Waals surface area contributed by atoms with Gasteiger partial charge in [0.05, 0.1) is 23.1 Å². The average molecular weight is 266 g/mol. The van der Waals surface area contributed by atoms with Gasteiger partial charge in [0.15, 0.2) is 0 Å². The molecule has 98 valence electrons. The smallest absolute Gasteiger partial charge is 0.258 e. The van der Waals surface area contributed by atoms with Crippen LogP contribution in [-0.4, -0.2) is 31.1 Å². The summed E-state index contributed by atoms with van der Waals surface area (Å²) in [7, 11) is 0. The van der Waals surface area contributed by atoms with Crippen molar-refractivity contribution in [1.29, 1.82) is 0 Å². The van der Waals surface area contributed by atoms with E-state index in [1.165, 1.54) is 24.9 Å². The molecule has 0 aliphatic carbocycles. The predicted octanol–water partition coefficient (Wildman–Crippen LogP) is 1.51. The van der Waals surface area contributed by atoms with Crippen LogP contribution in [0, 0.1) is 0 Å². The van der Waals surface area contributed by atoms with Crippen molar-refractivity contribution in [2.45, 2.75) is 0 Å². The molecule has 0 saturated heterocycles. The summed E-state index contributed by atoms with van der Waals surface area (Å²) in [5, 5.41) is 9.51. The summed E-state index contributed by atoms with van der Waals surface area (Å²) < 4.78 is 0. The lowest BCUT2D eigenvalue weighted by molar-refractivity contribution is 0.102. The molecule has 3 heterocycles. The van der Waals surface area contributed by atoms with Crippen LogP contribution in [0.15, 0.2) is 49.3 Å². The zero-order valence-corrected chi connectivity index (χ0v) is 10.3. The van der Waals surface area contributed by atoms with Gasteiger partial charge >= 0.3 is 0 Å². The van der Waals surface area contributed by atoms with Crippen molar-refractivity contribution in [3.63, 3.8) is 0 Å². The maximum atomic E-state index is 12.0. The molecule has 3 aromatic rings. The first-order chi connectivity index (χ1) is 9.84. The molecule has 0 atom stereocenters. The molecule has 0 aliphatic rings. The topological polar surface area (TPSA) is 96.5 Å². The van der Waals surface area contributed by atoms with E-state index in [1.807, 2.05) is 18.2 Å². The highest BCUT2D eigenvalue weighted by molar-refractivity contribution is 6.05. The maximum Gasteiger partial charge on any atom is 0.258 e. The minimum atomic E-state index is -0.302. The summed E-state index contributed by atoms with van der Waals surface area (Å²) >= 11 is 0. The number of aromatic amines is 1. The van der Waals surface area contributed by atoms with Gasteiger partial charge in [-0.3, -0.25) is 14.9 Å². The van der Waals surface area contributed by atoms with E-state index >= 15 is 0 Å². The second-order valence-corrected chi connectivity index (χ2v) is 3.95. The number of aromatic nitrogens is 5. The van der Waals surface area contributed by atoms with Crippen molar-refractivity contribution in [3.05, 3.63) is 54.9 Å². The van der Waals surface area contributed by atoms with Crippen LogP contribution in [-0.2, 0) is 0 Å². The third-order valence-electron chi connectivity index (χ3n) is 2.63. The Kier molecular flexibility index (Phi) is 3.15. The monoisotopic (exact) mass is 266 g/mol. The average Bonchev–Trinajstić information content (AvgIpc) is 2.97. The Hall–Kier alpha value is -3.09. The Bertz CT molecular complexity index is 710. The molecule has 7 heteroatoms. The Balaban J connectivity index is 1.86. The van der Waals surface area contributed by atoms with Crippen molar-refractivity contribution in [2.24, 2.45) is 0 Å². The van der Waals surface area contributed by atoms with Crippen LogP contribution in [0.4, 0.5) is 5.69 Å². The van der Waals surface area contributed by atoms with E-state index in [1.54, 1.807) is 6.20 Å². The van der Waals surface area contributed by atoms with Gasteiger partial charge in [0.25, 0.3) is 5.91 Å². The van der Waals surface area contributed by atoms with Crippen LogP contribution in [0.2, 0.25) is 0 Å². The van der Waals surface area contributed by atoms with Crippen LogP contribution >= 0.6 is 0 Å². The molecule has 0 bridgehead atoms. The SMILES string of the molecule is O=C(Nc1cn[nH]c1-c1ccccn1)c1cncnc1. The van der Waals surface area contributed by atoms with Crippen molar-refractivity contribution >= 4 is 11.6 Å². The first kappa shape index (κ1) is 12.0. The van der Waals surface area contributed by atoms with Crippen LogP contribution in [0.1, 0.15) is 10.4 Å². The molecule has 1 amide bonds. The van der Waals surface area contributed by atoms with E-state index < -0.39 is 0 Å². The lowest BCUT2D eigenvalue weighted by Crippen LogP contribution is -2.12. The zero-order chi connectivity index (χ0) is 13.8. The van der Waals surface area contributed by atoms with Gasteiger partial charge in [-0.25, -0.2) is 9.97 Å². The number of pyridine rings is 1. The molecular weight excluding hydrogens is 256 g/mol. The standard InChI is InChI=1S/C13H10N6O/c20-13(9-5-14-8-15-6-9)18-11-7-17-19-12(11)10-3-1-2-4-16-10/h1-8H,(H,17,19)(H,18,20). The fraction of sp³-hybridized carbons (Fsp3) is 0. The van der Waals surface area contributed by atoms with E-state index in [-0.39, 0.29) is 5.91 Å². The highest BCUT2D eigenvalue weighted by Crippen LogP contribution is 2.23. The fourth-order valence-electron chi connectivity index (χ4n) is 1.70. The number of hydrogen-bond donors (Lipinski definition) is 2. The van der Waals surface area contributed by atoms with Crippen molar-refractivity contribution in [2.75, 3.05) is 5.32 Å². The van der Waals surface area contributed by atoms with E-state index in [0.29, 0.717) is 22.6 Å². The highest BCUT2D eigenvalue weighted by Gasteiger charge is 2.13. The van der Waals surface area contributed by atoms with Crippen molar-refractivity contribution in [1.82, 2.24) is 25.1 Å². The van der Waals surface area contributed by atoms with Gasteiger partial charge in [-0.15, -0.1) is 0 Å². The molecule has 0 aromatic carbocycles. The summed E-state index contributed by atoms with van der Waals surface area (Å²) in [6.07, 6.45) is 7.47. The summed E-state index contributed by atoms with van der Waals surface area (Å²) in [5.41, 5.74) is 2.28. The number of nitrogens with one attached hydrogen (secondary N) is 2. The molecule has 0 unspecified atom stereocenters. The van der Waals surface area contributed by atoms with Crippen LogP contribution in [0.5, 0.6) is 0 Å². The van der Waals surface area contributed by atoms with Gasteiger partial charge in [0, 0.05) is 18.6 Å². The third-order valence-corrected chi connectivity index (χ3v) is 2.63. The summed E-state index contributed by atoms with van der Waals surface area (Å²) in [4.78, 5) is 23.9. The number of rotatable bonds is 3. The predicted molar refractivity (Wildman–Crippen MR) is 71.8 cm³/mol. The lowest BCUT2D eigenvalue weighted by Gasteiger charge is -2.04. The molecule has 7 nitrogen and oxygen atoms in total. The second-order valence-electron chi connectivity index (χ2n) is 3.95. The number of carbonyl (C=O) groups excluding carboxylic acids is 1. The quantitative estimate of drug-likeness (QED) is 0.749. The van der Waals surface area contributed by atoms with Crippen LogP contribution in [0.25, 0.3) is 11.4 Å². The van der Waals surface area contributed by atoms with Gasteiger partial charge in [-0.2, -0.15) is 5.10 Å². The van der Waals surface area contributed by atoms with Crippen LogP contribution in [0.3, 0.4) is 0 Å². The minimum absolute atomic E-state index is 0.302. The van der Waals surface area contributed by atoms with Crippen molar-refractivity contribution < 1.29 is 4.79 Å².